The maximum Gasteiger partial charge on any atom is 0.151 e. The van der Waals surface area contributed by atoms with Gasteiger partial charge in [0.2, 0.25) is 0 Å². The fourth-order valence-corrected chi connectivity index (χ4v) is 3.31. The molecule has 3 atom stereocenters. The number of aryl methyl sites for hydroxylation is 1. The topological polar surface area (TPSA) is 31.2 Å². The fourth-order valence-electron chi connectivity index (χ4n) is 3.31. The lowest BCUT2D eigenvalue weighted by molar-refractivity contribution is 0.0933. The first kappa shape index (κ1) is 10.1. The summed E-state index contributed by atoms with van der Waals surface area (Å²) in [6, 6.07) is 2.43. The van der Waals surface area contributed by atoms with Gasteiger partial charge in [-0.05, 0) is 39.2 Å². The van der Waals surface area contributed by atoms with Crippen LogP contribution in [0.1, 0.15) is 47.1 Å². The van der Waals surface area contributed by atoms with Crippen molar-refractivity contribution in [1.82, 2.24) is 4.57 Å². The van der Waals surface area contributed by atoms with Crippen molar-refractivity contribution in [1.29, 1.82) is 0 Å². The van der Waals surface area contributed by atoms with Crippen molar-refractivity contribution in [2.24, 2.45) is 0 Å². The van der Waals surface area contributed by atoms with Crippen molar-refractivity contribution in [3.05, 3.63) is 23.0 Å². The Morgan fingerprint density at radius 1 is 1.44 bits per heavy atom. The molecular weight excluding hydrogens is 202 g/mol. The van der Waals surface area contributed by atoms with E-state index in [0.29, 0.717) is 18.2 Å². The highest BCUT2D eigenvalue weighted by molar-refractivity contribution is 5.77. The number of fused-ring (bicyclic) bond motifs is 2. The van der Waals surface area contributed by atoms with Gasteiger partial charge in [-0.15, -0.1) is 0 Å². The average molecular weight is 219 g/mol. The van der Waals surface area contributed by atoms with Crippen molar-refractivity contribution in [3.8, 4) is 0 Å². The summed E-state index contributed by atoms with van der Waals surface area (Å²) >= 11 is 0. The van der Waals surface area contributed by atoms with Crippen LogP contribution in [0, 0.1) is 13.8 Å². The summed E-state index contributed by atoms with van der Waals surface area (Å²) in [6.45, 7) is 4.11. The van der Waals surface area contributed by atoms with Crippen LogP contribution < -0.4 is 0 Å². The molecule has 1 aromatic rings. The standard InChI is InChI=1S/C13H17NO2/c1-8-5-10(7-15)9(2)14(8)12-6-11-3-4-13(12)16-11/h5,7,11-13H,3-4,6H2,1-2H3. The van der Waals surface area contributed by atoms with Crippen LogP contribution in [0.4, 0.5) is 0 Å². The summed E-state index contributed by atoms with van der Waals surface area (Å²) in [5.41, 5.74) is 3.09. The number of rotatable bonds is 2. The minimum absolute atomic E-state index is 0.370. The lowest BCUT2D eigenvalue weighted by Gasteiger charge is -2.24. The van der Waals surface area contributed by atoms with E-state index >= 15 is 0 Å². The number of carbonyl (C=O) groups is 1. The van der Waals surface area contributed by atoms with Gasteiger partial charge in [0.25, 0.3) is 0 Å². The first-order valence-electron chi connectivity index (χ1n) is 5.99. The summed E-state index contributed by atoms with van der Waals surface area (Å²) in [4.78, 5) is 10.9. The number of aldehydes is 1. The van der Waals surface area contributed by atoms with Crippen LogP contribution in [0.25, 0.3) is 0 Å². The molecule has 0 saturated carbocycles. The Morgan fingerprint density at radius 3 is 2.75 bits per heavy atom. The van der Waals surface area contributed by atoms with E-state index in [0.717, 1.165) is 24.0 Å². The quantitative estimate of drug-likeness (QED) is 0.715. The second-order valence-electron chi connectivity index (χ2n) is 4.99. The molecule has 3 heteroatoms. The molecular formula is C13H17NO2. The molecule has 2 aliphatic rings. The molecule has 2 bridgehead atoms. The molecule has 1 aromatic heterocycles. The molecule has 3 heterocycles. The number of carbonyl (C=O) groups excluding carboxylic acids is 1. The Morgan fingerprint density at radius 2 is 2.25 bits per heavy atom. The molecule has 3 unspecified atom stereocenters. The number of hydrogen-bond acceptors (Lipinski definition) is 2. The van der Waals surface area contributed by atoms with Gasteiger partial charge in [0.05, 0.1) is 18.2 Å². The highest BCUT2D eigenvalue weighted by atomic mass is 16.5. The lowest BCUT2D eigenvalue weighted by Crippen LogP contribution is -2.22. The number of aromatic nitrogens is 1. The van der Waals surface area contributed by atoms with Gasteiger partial charge in [-0.3, -0.25) is 4.79 Å². The molecule has 0 aromatic carbocycles. The zero-order chi connectivity index (χ0) is 11.3. The second kappa shape index (κ2) is 3.45. The van der Waals surface area contributed by atoms with Crippen LogP contribution in [0.3, 0.4) is 0 Å². The molecule has 0 N–H and O–H groups in total. The van der Waals surface area contributed by atoms with E-state index in [1.165, 1.54) is 18.5 Å². The van der Waals surface area contributed by atoms with E-state index in [4.69, 9.17) is 4.74 Å². The van der Waals surface area contributed by atoms with Crippen LogP contribution in [0.2, 0.25) is 0 Å². The monoisotopic (exact) mass is 219 g/mol. The molecule has 2 fully saturated rings. The van der Waals surface area contributed by atoms with Crippen molar-refractivity contribution in [3.63, 3.8) is 0 Å². The number of ether oxygens (including phenoxy) is 1. The molecule has 0 radical (unpaired) electrons. The summed E-state index contributed by atoms with van der Waals surface area (Å²) in [7, 11) is 0. The van der Waals surface area contributed by atoms with Crippen LogP contribution >= 0.6 is 0 Å². The van der Waals surface area contributed by atoms with E-state index < -0.39 is 0 Å². The minimum atomic E-state index is 0.370. The molecule has 0 amide bonds. The van der Waals surface area contributed by atoms with Gasteiger partial charge >= 0.3 is 0 Å². The first-order chi connectivity index (χ1) is 7.70. The predicted octanol–water partition coefficient (Wildman–Crippen LogP) is 2.41. The van der Waals surface area contributed by atoms with Gasteiger partial charge in [-0.1, -0.05) is 0 Å². The first-order valence-corrected chi connectivity index (χ1v) is 5.99. The number of hydrogen-bond donors (Lipinski definition) is 0. The number of nitrogens with zero attached hydrogens (tertiary/aromatic N) is 1. The normalized spacial score (nSPS) is 32.2. The Bertz CT molecular complexity index is 435. The molecule has 0 aliphatic carbocycles. The van der Waals surface area contributed by atoms with Gasteiger partial charge < -0.3 is 9.30 Å². The average Bonchev–Trinajstić information content (AvgIpc) is 2.92. The second-order valence-corrected chi connectivity index (χ2v) is 4.99. The van der Waals surface area contributed by atoms with E-state index in [1.54, 1.807) is 0 Å². The highest BCUT2D eigenvalue weighted by Gasteiger charge is 2.42. The van der Waals surface area contributed by atoms with E-state index in [2.05, 4.69) is 11.5 Å². The van der Waals surface area contributed by atoms with Crippen molar-refractivity contribution < 1.29 is 9.53 Å². The Kier molecular flexibility index (Phi) is 2.18. The maximum absolute atomic E-state index is 10.9. The summed E-state index contributed by atoms with van der Waals surface area (Å²) in [5, 5.41) is 0. The van der Waals surface area contributed by atoms with E-state index in [1.807, 2.05) is 13.0 Å². The van der Waals surface area contributed by atoms with E-state index in [-0.39, 0.29) is 0 Å². The lowest BCUT2D eigenvalue weighted by atomic mass is 9.95. The third-order valence-corrected chi connectivity index (χ3v) is 4.06. The highest BCUT2D eigenvalue weighted by Crippen LogP contribution is 2.43. The van der Waals surface area contributed by atoms with Gasteiger partial charge in [-0.25, -0.2) is 0 Å². The SMILES string of the molecule is Cc1cc(C=O)c(C)n1C1CC2CCC1O2. The third kappa shape index (κ3) is 1.27. The van der Waals surface area contributed by atoms with Crippen molar-refractivity contribution in [2.75, 3.05) is 0 Å². The zero-order valence-electron chi connectivity index (χ0n) is 9.77. The van der Waals surface area contributed by atoms with Gasteiger partial charge in [-0.2, -0.15) is 0 Å². The molecule has 2 aliphatic heterocycles. The Hall–Kier alpha value is -1.09. The summed E-state index contributed by atoms with van der Waals surface area (Å²) in [6.07, 6.45) is 5.26. The minimum Gasteiger partial charge on any atom is -0.373 e. The molecule has 86 valence electrons. The van der Waals surface area contributed by atoms with Crippen LogP contribution in [-0.2, 0) is 4.74 Å². The molecule has 16 heavy (non-hydrogen) atoms. The summed E-state index contributed by atoms with van der Waals surface area (Å²) < 4.78 is 8.18. The van der Waals surface area contributed by atoms with Crippen molar-refractivity contribution >= 4 is 6.29 Å². The molecule has 3 nitrogen and oxygen atoms in total. The molecule has 2 saturated heterocycles. The fraction of sp³-hybridized carbons (Fsp3) is 0.615. The molecule has 0 spiro atoms. The Balaban J connectivity index is 2.00. The molecule has 3 rings (SSSR count). The van der Waals surface area contributed by atoms with Crippen LogP contribution in [-0.4, -0.2) is 23.1 Å². The van der Waals surface area contributed by atoms with Crippen molar-refractivity contribution in [2.45, 2.75) is 51.4 Å². The predicted molar refractivity (Wildman–Crippen MR) is 60.8 cm³/mol. The summed E-state index contributed by atoms with van der Waals surface area (Å²) in [5.74, 6) is 0. The maximum atomic E-state index is 10.9. The third-order valence-electron chi connectivity index (χ3n) is 4.06. The zero-order valence-corrected chi connectivity index (χ0v) is 9.77. The Labute approximate surface area is 95.4 Å². The van der Waals surface area contributed by atoms with Gasteiger partial charge in [0.15, 0.2) is 6.29 Å². The van der Waals surface area contributed by atoms with E-state index in [9.17, 15) is 4.79 Å². The van der Waals surface area contributed by atoms with Gasteiger partial charge in [0.1, 0.15) is 0 Å². The van der Waals surface area contributed by atoms with Crippen LogP contribution in [0.5, 0.6) is 0 Å². The largest absolute Gasteiger partial charge is 0.373 e. The smallest absolute Gasteiger partial charge is 0.151 e. The van der Waals surface area contributed by atoms with Gasteiger partial charge in [0, 0.05) is 17.0 Å². The van der Waals surface area contributed by atoms with Crippen LogP contribution in [0.15, 0.2) is 6.07 Å².